The van der Waals surface area contributed by atoms with E-state index in [9.17, 15) is 13.2 Å². The van der Waals surface area contributed by atoms with Gasteiger partial charge < -0.3 is 10.5 Å². The molecule has 0 aromatic heterocycles. The van der Waals surface area contributed by atoms with Crippen molar-refractivity contribution in [2.75, 3.05) is 7.11 Å². The van der Waals surface area contributed by atoms with Gasteiger partial charge in [-0.3, -0.25) is 0 Å². The van der Waals surface area contributed by atoms with E-state index in [1.54, 1.807) is 0 Å². The van der Waals surface area contributed by atoms with Crippen LogP contribution in [0.5, 0.6) is 5.75 Å². The molecule has 112 valence electrons. The van der Waals surface area contributed by atoms with Crippen molar-refractivity contribution in [2.45, 2.75) is 12.5 Å². The Morgan fingerprint density at radius 2 is 1.86 bits per heavy atom. The van der Waals surface area contributed by atoms with Crippen LogP contribution in [0.3, 0.4) is 0 Å². The summed E-state index contributed by atoms with van der Waals surface area (Å²) in [5.41, 5.74) is 6.87. The summed E-state index contributed by atoms with van der Waals surface area (Å²) in [5.74, 6) is -1.50. The standard InChI is InChI=1S/C15H13BrF3NO/c1-21-15-7-13(19)11(16)6-10(15)14(20)4-8-2-3-9(17)5-12(8)18/h2-3,5-7,14H,4,20H2,1H3. The van der Waals surface area contributed by atoms with Gasteiger partial charge in [-0.05, 0) is 40.0 Å². The number of methoxy groups -OCH3 is 1. The smallest absolute Gasteiger partial charge is 0.141 e. The zero-order valence-electron chi connectivity index (χ0n) is 11.2. The second-order valence-corrected chi connectivity index (χ2v) is 5.41. The molecule has 0 aliphatic carbocycles. The molecule has 1 unspecified atom stereocenters. The lowest BCUT2D eigenvalue weighted by Crippen LogP contribution is -2.15. The van der Waals surface area contributed by atoms with E-state index in [4.69, 9.17) is 10.5 Å². The van der Waals surface area contributed by atoms with Crippen molar-refractivity contribution in [1.29, 1.82) is 0 Å². The Balaban J connectivity index is 2.31. The zero-order valence-corrected chi connectivity index (χ0v) is 12.8. The lowest BCUT2D eigenvalue weighted by Gasteiger charge is -2.17. The number of hydrogen-bond donors (Lipinski definition) is 1. The van der Waals surface area contributed by atoms with E-state index in [0.717, 1.165) is 6.07 Å². The molecule has 0 radical (unpaired) electrons. The van der Waals surface area contributed by atoms with Gasteiger partial charge in [0.2, 0.25) is 0 Å². The van der Waals surface area contributed by atoms with Crippen molar-refractivity contribution < 1.29 is 17.9 Å². The first kappa shape index (κ1) is 15.9. The van der Waals surface area contributed by atoms with Crippen molar-refractivity contribution in [3.63, 3.8) is 0 Å². The van der Waals surface area contributed by atoms with Crippen LogP contribution in [0, 0.1) is 17.5 Å². The first-order chi connectivity index (χ1) is 9.92. The summed E-state index contributed by atoms with van der Waals surface area (Å²) in [6, 6.07) is 5.41. The molecule has 0 amide bonds. The van der Waals surface area contributed by atoms with Gasteiger partial charge in [0.05, 0.1) is 11.6 Å². The fourth-order valence-electron chi connectivity index (χ4n) is 2.04. The molecule has 6 heteroatoms. The minimum Gasteiger partial charge on any atom is -0.496 e. The first-order valence-corrected chi connectivity index (χ1v) is 6.94. The van der Waals surface area contributed by atoms with Gasteiger partial charge in [-0.15, -0.1) is 0 Å². The van der Waals surface area contributed by atoms with Crippen LogP contribution in [0.25, 0.3) is 0 Å². The number of rotatable bonds is 4. The molecule has 0 bridgehead atoms. The summed E-state index contributed by atoms with van der Waals surface area (Å²) < 4.78 is 45.4. The lowest BCUT2D eigenvalue weighted by atomic mass is 9.98. The fourth-order valence-corrected chi connectivity index (χ4v) is 2.41. The molecule has 1 atom stereocenters. The second-order valence-electron chi connectivity index (χ2n) is 4.55. The summed E-state index contributed by atoms with van der Waals surface area (Å²) in [6.07, 6.45) is 0.139. The number of halogens is 4. The second kappa shape index (κ2) is 6.49. The maximum Gasteiger partial charge on any atom is 0.141 e. The normalized spacial score (nSPS) is 12.3. The average molecular weight is 360 g/mol. The number of benzene rings is 2. The van der Waals surface area contributed by atoms with Crippen LogP contribution >= 0.6 is 15.9 Å². The third-order valence-corrected chi connectivity index (χ3v) is 3.73. The van der Waals surface area contributed by atoms with Crippen LogP contribution in [0.4, 0.5) is 13.2 Å². The number of hydrogen-bond acceptors (Lipinski definition) is 2. The van der Waals surface area contributed by atoms with Gasteiger partial charge in [0.15, 0.2) is 0 Å². The van der Waals surface area contributed by atoms with Crippen molar-refractivity contribution >= 4 is 15.9 Å². The van der Waals surface area contributed by atoms with Crippen molar-refractivity contribution in [3.8, 4) is 5.75 Å². The third kappa shape index (κ3) is 3.57. The molecule has 0 heterocycles. The molecular formula is C15H13BrF3NO. The van der Waals surface area contributed by atoms with Crippen molar-refractivity contribution in [1.82, 2.24) is 0 Å². The van der Waals surface area contributed by atoms with Gasteiger partial charge in [-0.2, -0.15) is 0 Å². The highest BCUT2D eigenvalue weighted by molar-refractivity contribution is 9.10. The Labute approximate surface area is 128 Å². The largest absolute Gasteiger partial charge is 0.496 e. The quantitative estimate of drug-likeness (QED) is 0.891. The fraction of sp³-hybridized carbons (Fsp3) is 0.200. The van der Waals surface area contributed by atoms with E-state index >= 15 is 0 Å². The van der Waals surface area contributed by atoms with E-state index in [1.807, 2.05) is 0 Å². The van der Waals surface area contributed by atoms with Crippen LogP contribution in [-0.4, -0.2) is 7.11 Å². The van der Waals surface area contributed by atoms with Gasteiger partial charge in [0.1, 0.15) is 23.2 Å². The monoisotopic (exact) mass is 359 g/mol. The molecule has 0 saturated carbocycles. The Morgan fingerprint density at radius 1 is 1.14 bits per heavy atom. The highest BCUT2D eigenvalue weighted by atomic mass is 79.9. The molecule has 2 aromatic carbocycles. The zero-order chi connectivity index (χ0) is 15.6. The van der Waals surface area contributed by atoms with Gasteiger partial charge in [-0.1, -0.05) is 6.07 Å². The molecule has 0 saturated heterocycles. The summed E-state index contributed by atoms with van der Waals surface area (Å²) in [5, 5.41) is 0. The Hall–Kier alpha value is -1.53. The molecule has 0 aliphatic heterocycles. The minimum atomic E-state index is -0.661. The highest BCUT2D eigenvalue weighted by Crippen LogP contribution is 2.31. The van der Waals surface area contributed by atoms with Crippen LogP contribution in [0.2, 0.25) is 0 Å². The number of nitrogens with two attached hydrogens (primary N) is 1. The minimum absolute atomic E-state index is 0.139. The summed E-state index contributed by atoms with van der Waals surface area (Å²) >= 11 is 3.08. The molecule has 0 spiro atoms. The summed E-state index contributed by atoms with van der Waals surface area (Å²) in [7, 11) is 1.40. The molecule has 2 rings (SSSR count). The first-order valence-electron chi connectivity index (χ1n) is 6.14. The Kier molecular flexibility index (Phi) is 4.90. The van der Waals surface area contributed by atoms with Crippen LogP contribution < -0.4 is 10.5 Å². The Bertz CT molecular complexity index is 664. The lowest BCUT2D eigenvalue weighted by molar-refractivity contribution is 0.401. The van der Waals surface area contributed by atoms with E-state index < -0.39 is 23.5 Å². The summed E-state index contributed by atoms with van der Waals surface area (Å²) in [6.45, 7) is 0. The molecule has 2 N–H and O–H groups in total. The van der Waals surface area contributed by atoms with Crippen molar-refractivity contribution in [2.24, 2.45) is 5.73 Å². The van der Waals surface area contributed by atoms with Gasteiger partial charge in [0, 0.05) is 23.7 Å². The van der Waals surface area contributed by atoms with Gasteiger partial charge >= 0.3 is 0 Å². The van der Waals surface area contributed by atoms with E-state index in [0.29, 0.717) is 5.56 Å². The van der Waals surface area contributed by atoms with Gasteiger partial charge in [-0.25, -0.2) is 13.2 Å². The van der Waals surface area contributed by atoms with Crippen LogP contribution in [-0.2, 0) is 6.42 Å². The number of ether oxygens (including phenoxy) is 1. The third-order valence-electron chi connectivity index (χ3n) is 3.13. The molecule has 0 aliphatic rings. The average Bonchev–Trinajstić information content (AvgIpc) is 2.44. The Morgan fingerprint density at radius 3 is 2.48 bits per heavy atom. The van der Waals surface area contributed by atoms with E-state index in [1.165, 1.54) is 31.4 Å². The maximum absolute atomic E-state index is 13.7. The van der Waals surface area contributed by atoms with E-state index in [-0.39, 0.29) is 22.2 Å². The predicted molar refractivity (Wildman–Crippen MR) is 77.6 cm³/mol. The van der Waals surface area contributed by atoms with Gasteiger partial charge in [0.25, 0.3) is 0 Å². The predicted octanol–water partition coefficient (Wildman–Crippen LogP) is 4.12. The highest BCUT2D eigenvalue weighted by Gasteiger charge is 2.17. The van der Waals surface area contributed by atoms with Crippen molar-refractivity contribution in [3.05, 3.63) is 63.4 Å². The maximum atomic E-state index is 13.7. The molecule has 0 fully saturated rings. The SMILES string of the molecule is COc1cc(F)c(Br)cc1C(N)Cc1ccc(F)cc1F. The molecular weight excluding hydrogens is 347 g/mol. The molecule has 21 heavy (non-hydrogen) atoms. The topological polar surface area (TPSA) is 35.2 Å². The van der Waals surface area contributed by atoms with Crippen LogP contribution in [0.15, 0.2) is 34.8 Å². The van der Waals surface area contributed by atoms with Crippen LogP contribution in [0.1, 0.15) is 17.2 Å². The molecule has 2 nitrogen and oxygen atoms in total. The summed E-state index contributed by atoms with van der Waals surface area (Å²) in [4.78, 5) is 0. The van der Waals surface area contributed by atoms with E-state index in [2.05, 4.69) is 15.9 Å². The molecule has 2 aromatic rings.